The number of carbonyl (C=O) groups excluding carboxylic acids is 1. The average molecular weight is 560 g/mol. The second-order valence-corrected chi connectivity index (χ2v) is 9.28. The summed E-state index contributed by atoms with van der Waals surface area (Å²) in [6.45, 7) is 1.93. The zero-order chi connectivity index (χ0) is 21.8. The van der Waals surface area contributed by atoms with Crippen molar-refractivity contribution >= 4 is 55.2 Å². The number of hydrogen-bond donors (Lipinski definition) is 1. The fraction of sp³-hybridized carbons (Fsp3) is 0.0952. The molecule has 2 aromatic heterocycles. The molecule has 0 aliphatic carbocycles. The van der Waals surface area contributed by atoms with E-state index < -0.39 is 0 Å². The van der Waals surface area contributed by atoms with Gasteiger partial charge in [-0.3, -0.25) is 4.79 Å². The first-order valence-corrected chi connectivity index (χ1v) is 11.8. The summed E-state index contributed by atoms with van der Waals surface area (Å²) in [5.74, 6) is 0.105. The van der Waals surface area contributed by atoms with Crippen LogP contribution in [0.5, 0.6) is 0 Å². The maximum atomic E-state index is 13.1. The first-order chi connectivity index (χ1) is 15.0. The molecule has 0 fully saturated rings. The highest BCUT2D eigenvalue weighted by atomic mass is 79.9. The van der Waals surface area contributed by atoms with E-state index in [0.29, 0.717) is 16.6 Å². The summed E-state index contributed by atoms with van der Waals surface area (Å²) in [5, 5.41) is 12.0. The van der Waals surface area contributed by atoms with Crippen molar-refractivity contribution < 1.29 is 4.79 Å². The number of nitrogens with one attached hydrogen (secondary N) is 1. The lowest BCUT2D eigenvalue weighted by Gasteiger charge is -2.10. The van der Waals surface area contributed by atoms with E-state index in [0.717, 1.165) is 25.9 Å². The lowest BCUT2D eigenvalue weighted by atomic mass is 10.2. The van der Waals surface area contributed by atoms with Gasteiger partial charge in [-0.2, -0.15) is 0 Å². The molecule has 1 amide bonds. The molecule has 0 bridgehead atoms. The average Bonchev–Trinajstić information content (AvgIpc) is 3.19. The van der Waals surface area contributed by atoms with Crippen LogP contribution >= 0.6 is 43.6 Å². The van der Waals surface area contributed by atoms with Gasteiger partial charge in [0, 0.05) is 32.8 Å². The monoisotopic (exact) mass is 558 g/mol. The van der Waals surface area contributed by atoms with Gasteiger partial charge in [0.1, 0.15) is 0 Å². The molecule has 1 N–H and O–H groups in total. The number of rotatable bonds is 6. The number of aryl methyl sites for hydroxylation is 1. The first-order valence-electron chi connectivity index (χ1n) is 9.19. The van der Waals surface area contributed by atoms with Crippen molar-refractivity contribution in [2.24, 2.45) is 0 Å². The van der Waals surface area contributed by atoms with Crippen LogP contribution in [0.15, 0.2) is 75.0 Å². The van der Waals surface area contributed by atoms with E-state index in [4.69, 9.17) is 0 Å². The topological polar surface area (TPSA) is 85.6 Å². The van der Waals surface area contributed by atoms with Gasteiger partial charge in [0.2, 0.25) is 0 Å². The van der Waals surface area contributed by atoms with Crippen molar-refractivity contribution in [3.63, 3.8) is 0 Å². The first kappa shape index (κ1) is 21.7. The number of nitrogens with zero attached hydrogens (tertiary/aromatic N) is 5. The van der Waals surface area contributed by atoms with Crippen LogP contribution in [-0.4, -0.2) is 30.9 Å². The minimum Gasteiger partial charge on any atom is -0.320 e. The molecular weight excluding hydrogens is 544 g/mol. The zero-order valence-electron chi connectivity index (χ0n) is 16.3. The normalized spacial score (nSPS) is 10.8. The Labute approximate surface area is 200 Å². The molecule has 0 unspecified atom stereocenters. The van der Waals surface area contributed by atoms with Gasteiger partial charge in [-0.25, -0.2) is 14.6 Å². The molecule has 156 valence electrons. The summed E-state index contributed by atoms with van der Waals surface area (Å²) in [7, 11) is 0. The largest absolute Gasteiger partial charge is 0.320 e. The van der Waals surface area contributed by atoms with E-state index in [1.165, 1.54) is 11.8 Å². The van der Waals surface area contributed by atoms with Gasteiger partial charge >= 0.3 is 0 Å². The quantitative estimate of drug-likeness (QED) is 0.250. The van der Waals surface area contributed by atoms with Gasteiger partial charge in [-0.15, -0.1) is 5.10 Å². The molecule has 2 aromatic carbocycles. The van der Waals surface area contributed by atoms with Crippen LogP contribution in [0.4, 0.5) is 5.69 Å². The van der Waals surface area contributed by atoms with E-state index in [2.05, 4.69) is 57.5 Å². The summed E-state index contributed by atoms with van der Waals surface area (Å²) in [6.07, 6.45) is 3.37. The molecule has 7 nitrogen and oxygen atoms in total. The smallest absolute Gasteiger partial charge is 0.278 e. The maximum Gasteiger partial charge on any atom is 0.278 e. The Morgan fingerprint density at radius 1 is 1.06 bits per heavy atom. The molecule has 0 aliphatic heterocycles. The van der Waals surface area contributed by atoms with E-state index in [-0.39, 0.29) is 11.6 Å². The number of benzene rings is 2. The van der Waals surface area contributed by atoms with E-state index in [1.807, 2.05) is 49.4 Å². The van der Waals surface area contributed by atoms with Crippen molar-refractivity contribution in [1.29, 1.82) is 0 Å². The Kier molecular flexibility index (Phi) is 6.79. The Bertz CT molecular complexity index is 1210. The molecule has 0 saturated heterocycles. The number of aromatic nitrogens is 5. The fourth-order valence-electron chi connectivity index (χ4n) is 2.84. The van der Waals surface area contributed by atoms with Crippen molar-refractivity contribution in [3.8, 4) is 5.69 Å². The SMILES string of the molecule is Cc1cc(Br)ccc1NC(=O)c1nnn(-c2ccc(Br)cc2)c1CSc1ncccn1. The number of carbonyl (C=O) groups is 1. The highest BCUT2D eigenvalue weighted by Gasteiger charge is 2.22. The molecule has 0 atom stereocenters. The van der Waals surface area contributed by atoms with Crippen molar-refractivity contribution in [2.45, 2.75) is 17.8 Å². The van der Waals surface area contributed by atoms with Crippen LogP contribution in [0.3, 0.4) is 0 Å². The van der Waals surface area contributed by atoms with Crippen LogP contribution in [0.1, 0.15) is 21.7 Å². The molecule has 31 heavy (non-hydrogen) atoms. The van der Waals surface area contributed by atoms with E-state index in [9.17, 15) is 4.79 Å². The third-order valence-electron chi connectivity index (χ3n) is 4.37. The van der Waals surface area contributed by atoms with Crippen molar-refractivity contribution in [3.05, 3.63) is 86.8 Å². The highest BCUT2D eigenvalue weighted by Crippen LogP contribution is 2.25. The van der Waals surface area contributed by atoms with Crippen molar-refractivity contribution in [2.75, 3.05) is 5.32 Å². The van der Waals surface area contributed by atoms with Gasteiger partial charge in [0.15, 0.2) is 10.9 Å². The Morgan fingerprint density at radius 3 is 2.48 bits per heavy atom. The molecule has 0 saturated carbocycles. The minimum atomic E-state index is -0.321. The number of halogens is 2. The Morgan fingerprint density at radius 2 is 1.77 bits per heavy atom. The second-order valence-electron chi connectivity index (χ2n) is 6.51. The molecule has 2 heterocycles. The van der Waals surface area contributed by atoms with Gasteiger partial charge < -0.3 is 5.32 Å². The minimum absolute atomic E-state index is 0.258. The number of anilines is 1. The summed E-state index contributed by atoms with van der Waals surface area (Å²) < 4.78 is 3.57. The number of thioether (sulfide) groups is 1. The summed E-state index contributed by atoms with van der Waals surface area (Å²) in [4.78, 5) is 21.6. The van der Waals surface area contributed by atoms with E-state index >= 15 is 0 Å². The standard InChI is InChI=1S/C21H16Br2N6OS/c1-13-11-15(23)5-8-17(13)26-20(30)19-18(12-31-21-24-9-2-10-25-21)29(28-27-19)16-6-3-14(22)4-7-16/h2-11H,12H2,1H3,(H,26,30). The van der Waals surface area contributed by atoms with Gasteiger partial charge in [-0.1, -0.05) is 48.8 Å². The molecule has 10 heteroatoms. The predicted octanol–water partition coefficient (Wildman–Crippen LogP) is 5.44. The summed E-state index contributed by atoms with van der Waals surface area (Å²) in [5.41, 5.74) is 3.38. The third-order valence-corrected chi connectivity index (χ3v) is 6.27. The molecule has 0 radical (unpaired) electrons. The van der Waals surface area contributed by atoms with Crippen molar-refractivity contribution in [1.82, 2.24) is 25.0 Å². The molecule has 4 rings (SSSR count). The maximum absolute atomic E-state index is 13.1. The molecule has 0 spiro atoms. The Balaban J connectivity index is 1.67. The van der Waals surface area contributed by atoms with Crippen LogP contribution < -0.4 is 5.32 Å². The Hall–Kier alpha value is -2.56. The van der Waals surface area contributed by atoms with Crippen LogP contribution in [0.25, 0.3) is 5.69 Å². The van der Waals surface area contributed by atoms with Gasteiger partial charge in [0.05, 0.1) is 11.4 Å². The fourth-order valence-corrected chi connectivity index (χ4v) is 4.37. The lowest BCUT2D eigenvalue weighted by Crippen LogP contribution is -2.16. The zero-order valence-corrected chi connectivity index (χ0v) is 20.3. The summed E-state index contributed by atoms with van der Waals surface area (Å²) in [6, 6.07) is 15.1. The van der Waals surface area contributed by atoms with Crippen LogP contribution in [-0.2, 0) is 5.75 Å². The predicted molar refractivity (Wildman–Crippen MR) is 127 cm³/mol. The highest BCUT2D eigenvalue weighted by molar-refractivity contribution is 9.10. The van der Waals surface area contributed by atoms with E-state index in [1.54, 1.807) is 23.1 Å². The number of hydrogen-bond acceptors (Lipinski definition) is 6. The molecule has 0 aliphatic rings. The molecular formula is C21H16Br2N6OS. The molecule has 4 aromatic rings. The van der Waals surface area contributed by atoms with Gasteiger partial charge in [-0.05, 0) is 61.0 Å². The van der Waals surface area contributed by atoms with Gasteiger partial charge in [0.25, 0.3) is 5.91 Å². The second kappa shape index (κ2) is 9.71. The lowest BCUT2D eigenvalue weighted by molar-refractivity contribution is 0.102. The van der Waals surface area contributed by atoms with Crippen LogP contribution in [0, 0.1) is 6.92 Å². The van der Waals surface area contributed by atoms with Crippen LogP contribution in [0.2, 0.25) is 0 Å². The third kappa shape index (κ3) is 5.20. The summed E-state index contributed by atoms with van der Waals surface area (Å²) >= 11 is 8.30. The number of amides is 1.